The number of nitrogens with zero attached hydrogens (tertiary/aromatic N) is 2. The normalized spacial score (nSPS) is 10.7. The zero-order chi connectivity index (χ0) is 15.1. The van der Waals surface area contributed by atoms with Crippen molar-refractivity contribution in [2.75, 3.05) is 17.2 Å². The molecule has 0 spiro atoms. The van der Waals surface area contributed by atoms with Crippen molar-refractivity contribution < 1.29 is 4.39 Å². The van der Waals surface area contributed by atoms with Crippen LogP contribution in [-0.4, -0.2) is 16.5 Å². The van der Waals surface area contributed by atoms with Crippen molar-refractivity contribution in [3.8, 4) is 0 Å². The third-order valence-corrected chi connectivity index (χ3v) is 3.08. The van der Waals surface area contributed by atoms with E-state index in [1.807, 2.05) is 12.1 Å². The second kappa shape index (κ2) is 7.57. The molecule has 1 aromatic heterocycles. The van der Waals surface area contributed by atoms with Crippen LogP contribution in [0.1, 0.15) is 25.8 Å². The maximum atomic E-state index is 13.5. The Hall–Kier alpha value is -2.17. The number of nitrogens with one attached hydrogen (secondary N) is 2. The first-order valence-electron chi connectivity index (χ1n) is 7.19. The van der Waals surface area contributed by atoms with Gasteiger partial charge in [-0.3, -0.25) is 0 Å². The lowest BCUT2D eigenvalue weighted by Gasteiger charge is -2.09. The molecule has 4 nitrogen and oxygen atoms in total. The van der Waals surface area contributed by atoms with Crippen LogP contribution in [0, 0.1) is 11.7 Å². The molecule has 0 fully saturated rings. The number of anilines is 2. The van der Waals surface area contributed by atoms with Crippen LogP contribution in [0.4, 0.5) is 16.2 Å². The van der Waals surface area contributed by atoms with Crippen molar-refractivity contribution in [1.82, 2.24) is 9.97 Å². The number of aromatic nitrogens is 2. The van der Waals surface area contributed by atoms with E-state index in [4.69, 9.17) is 0 Å². The van der Waals surface area contributed by atoms with Gasteiger partial charge in [0.2, 0.25) is 5.95 Å². The van der Waals surface area contributed by atoms with Gasteiger partial charge in [0.25, 0.3) is 0 Å². The second-order valence-electron chi connectivity index (χ2n) is 5.32. The highest BCUT2D eigenvalue weighted by atomic mass is 19.1. The fraction of sp³-hybridized carbons (Fsp3) is 0.375. The molecule has 1 aromatic carbocycles. The van der Waals surface area contributed by atoms with Crippen molar-refractivity contribution in [2.45, 2.75) is 26.8 Å². The molecule has 0 bridgehead atoms. The average molecular weight is 288 g/mol. The van der Waals surface area contributed by atoms with E-state index < -0.39 is 0 Å². The summed E-state index contributed by atoms with van der Waals surface area (Å²) < 4.78 is 13.5. The summed E-state index contributed by atoms with van der Waals surface area (Å²) in [6, 6.07) is 8.50. The molecule has 0 aliphatic heterocycles. The SMILES string of the molecule is CC(C)CCNc1ccnc(NCc2ccccc2F)n1. The van der Waals surface area contributed by atoms with Crippen molar-refractivity contribution in [2.24, 2.45) is 5.92 Å². The Kier molecular flexibility index (Phi) is 5.49. The average Bonchev–Trinajstić information content (AvgIpc) is 2.46. The minimum absolute atomic E-state index is 0.226. The van der Waals surface area contributed by atoms with Crippen LogP contribution < -0.4 is 10.6 Å². The lowest BCUT2D eigenvalue weighted by atomic mass is 10.1. The topological polar surface area (TPSA) is 49.8 Å². The van der Waals surface area contributed by atoms with Gasteiger partial charge in [-0.2, -0.15) is 4.98 Å². The monoisotopic (exact) mass is 288 g/mol. The first-order valence-corrected chi connectivity index (χ1v) is 7.19. The van der Waals surface area contributed by atoms with Crippen LogP contribution in [0.5, 0.6) is 0 Å². The molecular weight excluding hydrogens is 267 g/mol. The molecule has 0 atom stereocenters. The molecule has 1 heterocycles. The van der Waals surface area contributed by atoms with Gasteiger partial charge in [0.1, 0.15) is 11.6 Å². The molecule has 0 saturated heterocycles. The number of rotatable bonds is 7. The smallest absolute Gasteiger partial charge is 0.224 e. The van der Waals surface area contributed by atoms with Gasteiger partial charge >= 0.3 is 0 Å². The van der Waals surface area contributed by atoms with Gasteiger partial charge in [0.15, 0.2) is 0 Å². The summed E-state index contributed by atoms with van der Waals surface area (Å²) >= 11 is 0. The molecule has 21 heavy (non-hydrogen) atoms. The summed E-state index contributed by atoms with van der Waals surface area (Å²) in [7, 11) is 0. The Morgan fingerprint density at radius 3 is 2.71 bits per heavy atom. The van der Waals surface area contributed by atoms with E-state index in [0.717, 1.165) is 18.8 Å². The lowest BCUT2D eigenvalue weighted by Crippen LogP contribution is -2.09. The van der Waals surface area contributed by atoms with Gasteiger partial charge in [-0.1, -0.05) is 32.0 Å². The van der Waals surface area contributed by atoms with Gasteiger partial charge in [-0.25, -0.2) is 9.37 Å². The minimum Gasteiger partial charge on any atom is -0.370 e. The number of hydrogen-bond donors (Lipinski definition) is 2. The molecule has 0 radical (unpaired) electrons. The number of hydrogen-bond acceptors (Lipinski definition) is 4. The molecule has 5 heteroatoms. The molecule has 2 rings (SSSR count). The lowest BCUT2D eigenvalue weighted by molar-refractivity contribution is 0.606. The van der Waals surface area contributed by atoms with Crippen molar-refractivity contribution >= 4 is 11.8 Å². The van der Waals surface area contributed by atoms with Gasteiger partial charge in [-0.05, 0) is 24.5 Å². The standard InChI is InChI=1S/C16H21FN4/c1-12(2)7-9-18-15-8-10-19-16(21-15)20-11-13-5-3-4-6-14(13)17/h3-6,8,10,12H,7,9,11H2,1-2H3,(H2,18,19,20,21). The van der Waals surface area contributed by atoms with Crippen molar-refractivity contribution in [3.63, 3.8) is 0 Å². The van der Waals surface area contributed by atoms with E-state index in [1.54, 1.807) is 18.3 Å². The second-order valence-corrected chi connectivity index (χ2v) is 5.32. The quantitative estimate of drug-likeness (QED) is 0.816. The van der Waals surface area contributed by atoms with Crippen LogP contribution in [0.15, 0.2) is 36.5 Å². The molecule has 112 valence electrons. The fourth-order valence-electron chi connectivity index (χ4n) is 1.85. The van der Waals surface area contributed by atoms with Crippen LogP contribution in [0.3, 0.4) is 0 Å². The molecule has 0 saturated carbocycles. The van der Waals surface area contributed by atoms with E-state index in [2.05, 4.69) is 34.4 Å². The predicted octanol–water partition coefficient (Wildman–Crippen LogP) is 3.69. The van der Waals surface area contributed by atoms with Crippen LogP contribution >= 0.6 is 0 Å². The molecule has 0 aliphatic carbocycles. The largest absolute Gasteiger partial charge is 0.370 e. The third kappa shape index (κ3) is 5.02. The maximum absolute atomic E-state index is 13.5. The molecule has 0 amide bonds. The van der Waals surface area contributed by atoms with Gasteiger partial charge in [0.05, 0.1) is 0 Å². The van der Waals surface area contributed by atoms with E-state index in [0.29, 0.717) is 24.0 Å². The number of benzene rings is 1. The number of halogens is 1. The van der Waals surface area contributed by atoms with E-state index in [1.165, 1.54) is 6.07 Å². The highest BCUT2D eigenvalue weighted by molar-refractivity contribution is 5.39. The first kappa shape index (κ1) is 15.2. The minimum atomic E-state index is -0.226. The van der Waals surface area contributed by atoms with Crippen molar-refractivity contribution in [3.05, 3.63) is 47.9 Å². The zero-order valence-electron chi connectivity index (χ0n) is 12.4. The molecular formula is C16H21FN4. The summed E-state index contributed by atoms with van der Waals surface area (Å²) in [5.41, 5.74) is 0.597. The predicted molar refractivity (Wildman–Crippen MR) is 83.7 cm³/mol. The summed E-state index contributed by atoms with van der Waals surface area (Å²) in [5.74, 6) is 1.70. The fourth-order valence-corrected chi connectivity index (χ4v) is 1.85. The Labute approximate surface area is 124 Å². The zero-order valence-corrected chi connectivity index (χ0v) is 12.4. The Morgan fingerprint density at radius 1 is 1.14 bits per heavy atom. The van der Waals surface area contributed by atoms with Gasteiger partial charge in [0, 0.05) is 24.8 Å². The van der Waals surface area contributed by atoms with Crippen LogP contribution in [0.25, 0.3) is 0 Å². The van der Waals surface area contributed by atoms with E-state index in [-0.39, 0.29) is 5.82 Å². The van der Waals surface area contributed by atoms with E-state index in [9.17, 15) is 4.39 Å². The van der Waals surface area contributed by atoms with Gasteiger partial charge in [-0.15, -0.1) is 0 Å². The summed E-state index contributed by atoms with van der Waals surface area (Å²) in [4.78, 5) is 8.50. The molecule has 0 unspecified atom stereocenters. The summed E-state index contributed by atoms with van der Waals surface area (Å²) in [6.45, 7) is 5.61. The molecule has 2 aromatic rings. The third-order valence-electron chi connectivity index (χ3n) is 3.08. The highest BCUT2D eigenvalue weighted by Gasteiger charge is 2.03. The van der Waals surface area contributed by atoms with E-state index >= 15 is 0 Å². The Morgan fingerprint density at radius 2 is 1.95 bits per heavy atom. The summed E-state index contributed by atoms with van der Waals surface area (Å²) in [6.07, 6.45) is 2.77. The Bertz CT molecular complexity index is 572. The van der Waals surface area contributed by atoms with Crippen LogP contribution in [-0.2, 0) is 6.54 Å². The van der Waals surface area contributed by atoms with Crippen molar-refractivity contribution in [1.29, 1.82) is 0 Å². The molecule has 2 N–H and O–H groups in total. The maximum Gasteiger partial charge on any atom is 0.224 e. The van der Waals surface area contributed by atoms with Crippen LogP contribution in [0.2, 0.25) is 0 Å². The Balaban J connectivity index is 1.90. The first-order chi connectivity index (χ1) is 10.1. The highest BCUT2D eigenvalue weighted by Crippen LogP contribution is 2.10. The van der Waals surface area contributed by atoms with Gasteiger partial charge < -0.3 is 10.6 Å². The summed E-state index contributed by atoms with van der Waals surface area (Å²) in [5, 5.41) is 6.30. The molecule has 0 aliphatic rings.